The van der Waals surface area contributed by atoms with Gasteiger partial charge in [-0.15, -0.1) is 0 Å². The highest BCUT2D eigenvalue weighted by Crippen LogP contribution is 2.20. The lowest BCUT2D eigenvalue weighted by Gasteiger charge is -2.09. The second-order valence-electron chi connectivity index (χ2n) is 6.01. The monoisotopic (exact) mass is 368 g/mol. The maximum atomic E-state index is 12.1. The number of rotatable bonds is 7. The smallest absolute Gasteiger partial charge is 0.338 e. The molecule has 7 nitrogen and oxygen atoms in total. The Balaban J connectivity index is 1.58. The minimum atomic E-state index is -0.477. The van der Waals surface area contributed by atoms with Crippen LogP contribution >= 0.6 is 0 Å². The van der Waals surface area contributed by atoms with Crippen LogP contribution in [-0.4, -0.2) is 29.3 Å². The Morgan fingerprint density at radius 1 is 1.04 bits per heavy atom. The molecule has 27 heavy (non-hydrogen) atoms. The summed E-state index contributed by atoms with van der Waals surface area (Å²) in [4.78, 5) is 16.4. The Hall–Kier alpha value is -3.35. The highest BCUT2D eigenvalue weighted by Gasteiger charge is 2.13. The zero-order valence-corrected chi connectivity index (χ0v) is 15.3. The fourth-order valence-corrected chi connectivity index (χ4v) is 2.32. The number of hydrogen-bond acceptors (Lipinski definition) is 7. The summed E-state index contributed by atoms with van der Waals surface area (Å²) in [6.45, 7) is 3.77. The first-order valence-corrected chi connectivity index (χ1v) is 8.46. The molecule has 0 saturated heterocycles. The lowest BCUT2D eigenvalue weighted by molar-refractivity contribution is 0.0430. The van der Waals surface area contributed by atoms with Crippen molar-refractivity contribution in [1.29, 1.82) is 0 Å². The molecule has 0 atom stereocenters. The van der Waals surface area contributed by atoms with Crippen LogP contribution in [0.1, 0.15) is 30.1 Å². The summed E-state index contributed by atoms with van der Waals surface area (Å²) in [7, 11) is 1.60. The molecule has 140 valence electrons. The van der Waals surface area contributed by atoms with Crippen LogP contribution in [0.25, 0.3) is 11.4 Å². The Kier molecular flexibility index (Phi) is 5.71. The zero-order valence-electron chi connectivity index (χ0n) is 15.3. The molecule has 0 unspecified atom stereocenters. The molecule has 0 aliphatic rings. The Bertz CT molecular complexity index is 885. The van der Waals surface area contributed by atoms with Crippen LogP contribution in [0.5, 0.6) is 11.5 Å². The van der Waals surface area contributed by atoms with Crippen molar-refractivity contribution in [2.24, 2.45) is 0 Å². The summed E-state index contributed by atoms with van der Waals surface area (Å²) in [5, 5.41) is 3.90. The summed E-state index contributed by atoms with van der Waals surface area (Å²) in [5.41, 5.74) is 1.19. The van der Waals surface area contributed by atoms with Gasteiger partial charge in [-0.25, -0.2) is 4.79 Å². The molecule has 1 aromatic heterocycles. The molecule has 0 N–H and O–H groups in total. The van der Waals surface area contributed by atoms with E-state index < -0.39 is 5.97 Å². The first-order chi connectivity index (χ1) is 13.0. The largest absolute Gasteiger partial charge is 0.497 e. The summed E-state index contributed by atoms with van der Waals surface area (Å²) in [6.07, 6.45) is 0.0697. The second kappa shape index (κ2) is 8.35. The summed E-state index contributed by atoms with van der Waals surface area (Å²) in [5.74, 6) is 1.59. The van der Waals surface area contributed by atoms with Crippen LogP contribution in [0.2, 0.25) is 0 Å². The molecule has 0 amide bonds. The molecule has 0 fully saturated rings. The molecule has 3 aromatic rings. The number of aromatic nitrogens is 2. The van der Waals surface area contributed by atoms with Crippen molar-refractivity contribution in [2.75, 3.05) is 7.11 Å². The number of carbonyl (C=O) groups is 1. The van der Waals surface area contributed by atoms with Gasteiger partial charge in [-0.05, 0) is 62.4 Å². The van der Waals surface area contributed by atoms with Gasteiger partial charge in [-0.3, -0.25) is 0 Å². The highest BCUT2D eigenvalue weighted by molar-refractivity contribution is 5.89. The number of hydrogen-bond donors (Lipinski definition) is 0. The zero-order chi connectivity index (χ0) is 19.2. The van der Waals surface area contributed by atoms with Crippen molar-refractivity contribution in [2.45, 2.75) is 26.6 Å². The van der Waals surface area contributed by atoms with E-state index in [1.165, 1.54) is 0 Å². The average Bonchev–Trinajstić information content (AvgIpc) is 3.15. The number of benzene rings is 2. The van der Waals surface area contributed by atoms with Gasteiger partial charge in [-0.1, -0.05) is 5.16 Å². The first-order valence-electron chi connectivity index (χ1n) is 8.46. The first kappa shape index (κ1) is 18.4. The maximum Gasteiger partial charge on any atom is 0.338 e. The summed E-state index contributed by atoms with van der Waals surface area (Å²) >= 11 is 0. The predicted molar refractivity (Wildman–Crippen MR) is 97.6 cm³/mol. The van der Waals surface area contributed by atoms with Gasteiger partial charge in [0.2, 0.25) is 5.82 Å². The molecule has 1 heterocycles. The van der Waals surface area contributed by atoms with E-state index in [4.69, 9.17) is 18.7 Å². The topological polar surface area (TPSA) is 83.7 Å². The van der Waals surface area contributed by atoms with Gasteiger partial charge in [-0.2, -0.15) is 4.98 Å². The number of esters is 1. The van der Waals surface area contributed by atoms with Gasteiger partial charge in [0.1, 0.15) is 11.5 Å². The van der Waals surface area contributed by atoms with Crippen molar-refractivity contribution >= 4 is 5.97 Å². The number of ether oxygens (including phenoxy) is 3. The molecule has 0 bridgehead atoms. The SMILES string of the molecule is COc1ccc(-c2noc(COC(=O)c3ccc(OC(C)C)cc3)n2)cc1. The molecule has 2 aromatic carbocycles. The third-order valence-electron chi connectivity index (χ3n) is 3.60. The Morgan fingerprint density at radius 2 is 1.70 bits per heavy atom. The fourth-order valence-electron chi connectivity index (χ4n) is 2.32. The van der Waals surface area contributed by atoms with Crippen molar-refractivity contribution in [3.05, 3.63) is 60.0 Å². The molecule has 0 aliphatic carbocycles. The van der Waals surface area contributed by atoms with E-state index in [1.54, 1.807) is 43.5 Å². The quantitative estimate of drug-likeness (QED) is 0.585. The molecule has 0 aliphatic heterocycles. The van der Waals surface area contributed by atoms with Gasteiger partial charge >= 0.3 is 5.97 Å². The van der Waals surface area contributed by atoms with Gasteiger partial charge < -0.3 is 18.7 Å². The number of carbonyl (C=O) groups excluding carboxylic acids is 1. The predicted octanol–water partition coefficient (Wildman–Crippen LogP) is 3.89. The van der Waals surface area contributed by atoms with Crippen LogP contribution in [0.15, 0.2) is 53.1 Å². The molecule has 7 heteroatoms. The maximum absolute atomic E-state index is 12.1. The van der Waals surface area contributed by atoms with Crippen LogP contribution < -0.4 is 9.47 Å². The Morgan fingerprint density at radius 3 is 2.33 bits per heavy atom. The molecular formula is C20H20N2O5. The molecule has 0 saturated carbocycles. The van der Waals surface area contributed by atoms with Crippen LogP contribution in [0.4, 0.5) is 0 Å². The van der Waals surface area contributed by atoms with Gasteiger partial charge in [0, 0.05) is 5.56 Å². The van der Waals surface area contributed by atoms with Crippen molar-refractivity contribution in [1.82, 2.24) is 10.1 Å². The van der Waals surface area contributed by atoms with Crippen LogP contribution in [0.3, 0.4) is 0 Å². The minimum Gasteiger partial charge on any atom is -0.497 e. The normalized spacial score (nSPS) is 10.7. The van der Waals surface area contributed by atoms with Gasteiger partial charge in [0.05, 0.1) is 18.8 Å². The van der Waals surface area contributed by atoms with E-state index in [0.29, 0.717) is 17.1 Å². The van der Waals surface area contributed by atoms with E-state index in [1.807, 2.05) is 26.0 Å². The van der Waals surface area contributed by atoms with Crippen molar-refractivity contribution in [3.8, 4) is 22.9 Å². The van der Waals surface area contributed by atoms with E-state index in [2.05, 4.69) is 10.1 Å². The lowest BCUT2D eigenvalue weighted by Crippen LogP contribution is -2.07. The van der Waals surface area contributed by atoms with Crippen molar-refractivity contribution < 1.29 is 23.5 Å². The van der Waals surface area contributed by atoms with E-state index in [0.717, 1.165) is 11.3 Å². The fraction of sp³-hybridized carbons (Fsp3) is 0.250. The molecule has 0 radical (unpaired) electrons. The van der Waals surface area contributed by atoms with Crippen LogP contribution in [0, 0.1) is 0 Å². The molecular weight excluding hydrogens is 348 g/mol. The van der Waals surface area contributed by atoms with Crippen LogP contribution in [-0.2, 0) is 11.3 Å². The minimum absolute atomic E-state index is 0.0697. The third kappa shape index (κ3) is 4.84. The Labute approximate surface area is 156 Å². The molecule has 3 rings (SSSR count). The van der Waals surface area contributed by atoms with Gasteiger partial charge in [0.15, 0.2) is 6.61 Å². The average molecular weight is 368 g/mol. The summed E-state index contributed by atoms with van der Waals surface area (Å²) in [6, 6.07) is 14.0. The highest BCUT2D eigenvalue weighted by atomic mass is 16.6. The van der Waals surface area contributed by atoms with E-state index >= 15 is 0 Å². The lowest BCUT2D eigenvalue weighted by atomic mass is 10.2. The van der Waals surface area contributed by atoms with Crippen molar-refractivity contribution in [3.63, 3.8) is 0 Å². The van der Waals surface area contributed by atoms with E-state index in [9.17, 15) is 4.79 Å². The summed E-state index contributed by atoms with van der Waals surface area (Å²) < 4.78 is 21.0. The number of methoxy groups -OCH3 is 1. The number of nitrogens with zero attached hydrogens (tertiary/aromatic N) is 2. The standard InChI is InChI=1S/C20H20N2O5/c1-13(2)26-17-10-6-15(7-11-17)20(23)25-12-18-21-19(22-27-18)14-4-8-16(24-3)9-5-14/h4-11,13H,12H2,1-3H3. The van der Waals surface area contributed by atoms with E-state index in [-0.39, 0.29) is 18.6 Å². The molecule has 0 spiro atoms. The second-order valence-corrected chi connectivity index (χ2v) is 6.01. The third-order valence-corrected chi connectivity index (χ3v) is 3.60. The van der Waals surface area contributed by atoms with Gasteiger partial charge in [0.25, 0.3) is 5.89 Å².